The lowest BCUT2D eigenvalue weighted by Crippen LogP contribution is -2.36. The number of anilines is 1. The van der Waals surface area contributed by atoms with Crippen LogP contribution in [0.4, 0.5) is 10.2 Å². The molecule has 0 aliphatic carbocycles. The van der Waals surface area contributed by atoms with Gasteiger partial charge in [0.25, 0.3) is 0 Å². The number of pyridine rings is 1. The average molecular weight is 340 g/mol. The van der Waals surface area contributed by atoms with E-state index in [1.807, 2.05) is 6.07 Å². The van der Waals surface area contributed by atoms with Crippen LogP contribution in [0.5, 0.6) is 0 Å². The van der Waals surface area contributed by atoms with Crippen molar-refractivity contribution in [1.82, 2.24) is 9.88 Å². The minimum Gasteiger partial charge on any atom is -0.391 e. The highest BCUT2D eigenvalue weighted by molar-refractivity contribution is 5.81. The van der Waals surface area contributed by atoms with Crippen LogP contribution in [-0.2, 0) is 4.79 Å². The van der Waals surface area contributed by atoms with Gasteiger partial charge in [-0.3, -0.25) is 4.79 Å². The van der Waals surface area contributed by atoms with Crippen molar-refractivity contribution in [3.05, 3.63) is 59.5 Å². The predicted molar refractivity (Wildman–Crippen MR) is 88.9 cm³/mol. The van der Waals surface area contributed by atoms with Gasteiger partial charge in [0.2, 0.25) is 5.91 Å². The molecule has 1 aromatic heterocycles. The minimum atomic E-state index is -0.634. The topological polar surface area (TPSA) is 89.2 Å². The van der Waals surface area contributed by atoms with Gasteiger partial charge < -0.3 is 15.3 Å². The van der Waals surface area contributed by atoms with Crippen LogP contribution in [0.15, 0.2) is 42.6 Å². The zero-order valence-electron chi connectivity index (χ0n) is 13.4. The minimum absolute atomic E-state index is 0.00254. The van der Waals surface area contributed by atoms with Gasteiger partial charge in [0.15, 0.2) is 0 Å². The summed E-state index contributed by atoms with van der Waals surface area (Å²) in [6, 6.07) is 10.9. The average Bonchev–Trinajstić information content (AvgIpc) is 3.02. The Labute approximate surface area is 144 Å². The first-order valence-electron chi connectivity index (χ1n) is 7.90. The number of aromatic nitrogens is 1. The van der Waals surface area contributed by atoms with Gasteiger partial charge in [-0.15, -0.1) is 0 Å². The molecule has 25 heavy (non-hydrogen) atoms. The summed E-state index contributed by atoms with van der Waals surface area (Å²) in [5, 5.41) is 21.6. The number of benzene rings is 1. The Morgan fingerprint density at radius 1 is 1.44 bits per heavy atom. The van der Waals surface area contributed by atoms with Gasteiger partial charge >= 0.3 is 0 Å². The summed E-state index contributed by atoms with van der Waals surface area (Å²) in [5.41, 5.74) is 1.10. The van der Waals surface area contributed by atoms with Crippen molar-refractivity contribution < 1.29 is 14.3 Å². The number of aliphatic hydroxyl groups excluding tert-OH is 1. The van der Waals surface area contributed by atoms with Crippen LogP contribution >= 0.6 is 0 Å². The number of hydrogen-bond acceptors (Lipinski definition) is 5. The van der Waals surface area contributed by atoms with E-state index in [0.29, 0.717) is 23.4 Å². The van der Waals surface area contributed by atoms with Crippen molar-refractivity contribution >= 4 is 11.7 Å². The van der Waals surface area contributed by atoms with E-state index in [-0.39, 0.29) is 30.9 Å². The molecule has 0 radical (unpaired) electrons. The molecule has 3 rings (SSSR count). The number of amides is 1. The fourth-order valence-corrected chi connectivity index (χ4v) is 2.95. The molecule has 7 heteroatoms. The lowest BCUT2D eigenvalue weighted by Gasteiger charge is -2.25. The van der Waals surface area contributed by atoms with E-state index in [0.717, 1.165) is 0 Å². The van der Waals surface area contributed by atoms with Gasteiger partial charge in [0.1, 0.15) is 17.7 Å². The summed E-state index contributed by atoms with van der Waals surface area (Å²) in [6.45, 7) is 0.208. The molecular weight excluding hydrogens is 323 g/mol. The van der Waals surface area contributed by atoms with Crippen LogP contribution in [0.1, 0.15) is 23.6 Å². The first-order valence-corrected chi connectivity index (χ1v) is 7.90. The molecule has 1 aliphatic heterocycles. The smallest absolute Gasteiger partial charge is 0.242 e. The summed E-state index contributed by atoms with van der Waals surface area (Å²) < 4.78 is 13.5. The zero-order chi connectivity index (χ0) is 17.8. The number of β-amino-alcohol motifs (C(OH)–C–C–N with tert-alkyl or cyclic N) is 1. The number of hydrogen-bond donors (Lipinski definition) is 2. The number of halogens is 1. The molecular formula is C18H17FN4O2. The maximum atomic E-state index is 13.5. The van der Waals surface area contributed by atoms with Gasteiger partial charge in [-0.25, -0.2) is 9.37 Å². The first-order chi connectivity index (χ1) is 12.1. The highest BCUT2D eigenvalue weighted by atomic mass is 19.1. The van der Waals surface area contributed by atoms with Crippen molar-refractivity contribution in [2.75, 3.05) is 18.4 Å². The number of nitrogens with one attached hydrogen (secondary N) is 1. The fourth-order valence-electron chi connectivity index (χ4n) is 2.95. The van der Waals surface area contributed by atoms with Crippen LogP contribution in [0, 0.1) is 17.1 Å². The molecule has 1 saturated heterocycles. The van der Waals surface area contributed by atoms with Crippen LogP contribution in [0.3, 0.4) is 0 Å². The Kier molecular flexibility index (Phi) is 4.91. The number of nitrogens with zero attached hydrogens (tertiary/aromatic N) is 3. The molecule has 0 spiro atoms. The Bertz CT molecular complexity index is 803. The van der Waals surface area contributed by atoms with Crippen LogP contribution in [0.2, 0.25) is 0 Å². The summed E-state index contributed by atoms with van der Waals surface area (Å²) >= 11 is 0. The molecule has 6 nitrogen and oxygen atoms in total. The highest BCUT2D eigenvalue weighted by Crippen LogP contribution is 2.32. The van der Waals surface area contributed by atoms with E-state index in [1.54, 1.807) is 29.2 Å². The summed E-state index contributed by atoms with van der Waals surface area (Å²) in [6.07, 6.45) is 1.16. The second-order valence-corrected chi connectivity index (χ2v) is 5.90. The molecule has 1 fully saturated rings. The molecule has 1 aromatic carbocycles. The largest absolute Gasteiger partial charge is 0.391 e. The molecule has 2 heterocycles. The van der Waals surface area contributed by atoms with Crippen LogP contribution < -0.4 is 5.32 Å². The van der Waals surface area contributed by atoms with Crippen LogP contribution in [0.25, 0.3) is 0 Å². The summed E-state index contributed by atoms with van der Waals surface area (Å²) in [7, 11) is 0. The quantitative estimate of drug-likeness (QED) is 0.886. The predicted octanol–water partition coefficient (Wildman–Crippen LogP) is 1.84. The van der Waals surface area contributed by atoms with Crippen molar-refractivity contribution in [1.29, 1.82) is 5.26 Å². The molecule has 1 aliphatic rings. The lowest BCUT2D eigenvalue weighted by molar-refractivity contribution is -0.130. The molecule has 0 bridgehead atoms. The van der Waals surface area contributed by atoms with Crippen molar-refractivity contribution in [2.24, 2.45) is 0 Å². The van der Waals surface area contributed by atoms with E-state index in [4.69, 9.17) is 5.26 Å². The number of carbonyl (C=O) groups is 1. The summed E-state index contributed by atoms with van der Waals surface area (Å²) in [4.78, 5) is 18.1. The highest BCUT2D eigenvalue weighted by Gasteiger charge is 2.35. The van der Waals surface area contributed by atoms with Crippen molar-refractivity contribution in [2.45, 2.75) is 18.6 Å². The molecule has 128 valence electrons. The third kappa shape index (κ3) is 3.92. The van der Waals surface area contributed by atoms with Gasteiger partial charge in [0.05, 0.1) is 24.3 Å². The number of aliphatic hydroxyl groups is 1. The molecule has 1 amide bonds. The molecule has 2 atom stereocenters. The Hall–Kier alpha value is -2.98. The molecule has 0 saturated carbocycles. The van der Waals surface area contributed by atoms with E-state index in [9.17, 15) is 14.3 Å². The van der Waals surface area contributed by atoms with E-state index >= 15 is 0 Å². The molecule has 2 N–H and O–H groups in total. The van der Waals surface area contributed by atoms with E-state index in [1.165, 1.54) is 18.3 Å². The number of likely N-dealkylation sites (tertiary alicyclic amines) is 1. The van der Waals surface area contributed by atoms with Gasteiger partial charge in [0, 0.05) is 12.7 Å². The SMILES string of the molecule is N#Cc1ccc(NCC(=O)N2C[C@@H](O)C[C@H]2c2cccc(F)c2)nc1. The first kappa shape index (κ1) is 16.9. The Balaban J connectivity index is 1.68. The van der Waals surface area contributed by atoms with E-state index in [2.05, 4.69) is 10.3 Å². The lowest BCUT2D eigenvalue weighted by atomic mass is 10.0. The summed E-state index contributed by atoms with van der Waals surface area (Å²) in [5.74, 6) is -0.0995. The fraction of sp³-hybridized carbons (Fsp3) is 0.278. The van der Waals surface area contributed by atoms with Gasteiger partial charge in [-0.05, 0) is 36.2 Å². The second kappa shape index (κ2) is 7.28. The van der Waals surface area contributed by atoms with E-state index < -0.39 is 6.10 Å². The number of nitriles is 1. The van der Waals surface area contributed by atoms with Crippen LogP contribution in [-0.4, -0.2) is 40.1 Å². The zero-order valence-corrected chi connectivity index (χ0v) is 13.4. The third-order valence-corrected chi connectivity index (χ3v) is 4.15. The third-order valence-electron chi connectivity index (χ3n) is 4.15. The molecule has 0 unspecified atom stereocenters. The Morgan fingerprint density at radius 2 is 2.28 bits per heavy atom. The standard InChI is InChI=1S/C18H17FN4O2/c19-14-3-1-2-13(6-14)16-7-15(24)11-23(16)18(25)10-22-17-5-4-12(8-20)9-21-17/h1-6,9,15-16,24H,7,10-11H2,(H,21,22)/t15-,16-/m0/s1. The molecule has 2 aromatic rings. The van der Waals surface area contributed by atoms with Gasteiger partial charge in [-0.2, -0.15) is 5.26 Å². The Morgan fingerprint density at radius 3 is 2.96 bits per heavy atom. The maximum Gasteiger partial charge on any atom is 0.242 e. The maximum absolute atomic E-state index is 13.5. The second-order valence-electron chi connectivity index (χ2n) is 5.90. The normalized spacial score (nSPS) is 19.5. The monoisotopic (exact) mass is 340 g/mol. The number of carbonyl (C=O) groups excluding carboxylic acids is 1. The van der Waals surface area contributed by atoms with Crippen molar-refractivity contribution in [3.63, 3.8) is 0 Å². The van der Waals surface area contributed by atoms with Crippen molar-refractivity contribution in [3.8, 4) is 6.07 Å². The number of rotatable bonds is 4. The van der Waals surface area contributed by atoms with Gasteiger partial charge in [-0.1, -0.05) is 12.1 Å².